The van der Waals surface area contributed by atoms with E-state index in [0.717, 1.165) is 43.0 Å². The fourth-order valence-corrected chi connectivity index (χ4v) is 8.51. The maximum absolute atomic E-state index is 14.3. The van der Waals surface area contributed by atoms with Gasteiger partial charge in [-0.3, -0.25) is 14.5 Å². The Bertz CT molecular complexity index is 1380. The molecular weight excluding hydrogens is 534 g/mol. The fraction of sp³-hybridized carbons (Fsp3) is 0.656. The SMILES string of the molecule is CCOC(=O)/C(=N\OCC(N)=O)c1nc2ccccc2n(C2CC3CCC[C@H](C2)N3C2CC3CCCCC(C3)C2)c1=O. The number of hydrogen-bond acceptors (Lipinski definition) is 8. The predicted octanol–water partition coefficient (Wildman–Crippen LogP) is 4.08. The maximum atomic E-state index is 14.3. The third-order valence-corrected chi connectivity index (χ3v) is 10.00. The van der Waals surface area contributed by atoms with Gasteiger partial charge in [0.15, 0.2) is 12.3 Å². The molecule has 4 aliphatic rings. The molecule has 42 heavy (non-hydrogen) atoms. The van der Waals surface area contributed by atoms with Gasteiger partial charge < -0.3 is 19.9 Å². The van der Waals surface area contributed by atoms with Crippen molar-refractivity contribution >= 4 is 28.6 Å². The van der Waals surface area contributed by atoms with Crippen molar-refractivity contribution in [1.82, 2.24) is 14.5 Å². The maximum Gasteiger partial charge on any atom is 0.362 e. The molecule has 1 amide bonds. The summed E-state index contributed by atoms with van der Waals surface area (Å²) in [6.45, 7) is 1.22. The van der Waals surface area contributed by atoms with E-state index < -0.39 is 24.0 Å². The van der Waals surface area contributed by atoms with Gasteiger partial charge in [0.1, 0.15) is 0 Å². The van der Waals surface area contributed by atoms with Crippen LogP contribution in [0.1, 0.15) is 95.7 Å². The van der Waals surface area contributed by atoms with Gasteiger partial charge in [-0.25, -0.2) is 9.78 Å². The number of nitrogens with zero attached hydrogens (tertiary/aromatic N) is 4. The number of nitrogens with two attached hydrogens (primary N) is 1. The van der Waals surface area contributed by atoms with E-state index in [2.05, 4.69) is 15.0 Å². The lowest BCUT2D eigenvalue weighted by molar-refractivity contribution is -0.135. The molecular formula is C32H43N5O5. The Kier molecular flexibility index (Phi) is 8.60. The summed E-state index contributed by atoms with van der Waals surface area (Å²) in [5, 5.41) is 3.83. The number of para-hydroxylation sites is 2. The van der Waals surface area contributed by atoms with Crippen molar-refractivity contribution in [3.05, 3.63) is 40.3 Å². The molecule has 4 bridgehead atoms. The van der Waals surface area contributed by atoms with E-state index in [1.807, 2.05) is 28.8 Å². The van der Waals surface area contributed by atoms with Gasteiger partial charge in [0, 0.05) is 24.2 Å². The van der Waals surface area contributed by atoms with Gasteiger partial charge in [-0.15, -0.1) is 0 Å². The summed E-state index contributed by atoms with van der Waals surface area (Å²) in [5.41, 5.74) is 5.62. The molecule has 2 aliphatic carbocycles. The van der Waals surface area contributed by atoms with Crippen LogP contribution in [0.5, 0.6) is 0 Å². The highest BCUT2D eigenvalue weighted by Gasteiger charge is 2.45. The van der Waals surface area contributed by atoms with E-state index in [9.17, 15) is 14.4 Å². The summed E-state index contributed by atoms with van der Waals surface area (Å²) >= 11 is 0. The second-order valence-electron chi connectivity index (χ2n) is 12.7. The number of fused-ring (bicyclic) bond motifs is 5. The first-order valence-electron chi connectivity index (χ1n) is 15.9. The first kappa shape index (κ1) is 28.8. The standard InChI is InChI=1S/C32H43N5O5/c1-2-41-32(40)30(35-42-19-28(33)38)29-31(39)37(27-13-6-5-12-26(27)34-29)25-17-22-10-7-11-23(18-25)36(22)24-15-20-8-3-4-9-21(14-20)16-24/h5-6,12-13,20-25H,2-4,7-11,14-19H2,1H3,(H2,33,38)/b35-30-/t20?,21?,22-,23?,24?,25?/m1/s1. The third kappa shape index (κ3) is 5.82. The molecule has 10 nitrogen and oxygen atoms in total. The lowest BCUT2D eigenvalue weighted by Gasteiger charge is -2.54. The van der Waals surface area contributed by atoms with E-state index in [4.69, 9.17) is 15.3 Å². The molecule has 10 heteroatoms. The van der Waals surface area contributed by atoms with Crippen LogP contribution in [0.15, 0.2) is 34.2 Å². The number of oxime groups is 1. The minimum Gasteiger partial charge on any atom is -0.461 e. The van der Waals surface area contributed by atoms with Crippen LogP contribution in [0.3, 0.4) is 0 Å². The lowest BCUT2D eigenvalue weighted by Crippen LogP contribution is -2.58. The van der Waals surface area contributed by atoms with Gasteiger partial charge in [-0.2, -0.15) is 0 Å². The zero-order valence-corrected chi connectivity index (χ0v) is 24.6. The highest BCUT2D eigenvalue weighted by atomic mass is 16.6. The number of aromatic nitrogens is 2. The summed E-state index contributed by atoms with van der Waals surface area (Å²) in [6.07, 6.45) is 14.9. The van der Waals surface area contributed by atoms with E-state index in [1.54, 1.807) is 6.92 Å². The highest BCUT2D eigenvalue weighted by Crippen LogP contribution is 2.47. The van der Waals surface area contributed by atoms with Crippen LogP contribution in [-0.2, 0) is 19.2 Å². The van der Waals surface area contributed by atoms with Crippen LogP contribution >= 0.6 is 0 Å². The van der Waals surface area contributed by atoms with Crippen molar-refractivity contribution in [3.8, 4) is 0 Å². The molecule has 5 atom stereocenters. The number of amides is 1. The molecule has 2 saturated heterocycles. The van der Waals surface area contributed by atoms with Crippen LogP contribution in [0, 0.1) is 11.8 Å². The first-order chi connectivity index (χ1) is 20.4. The Balaban J connectivity index is 1.35. The predicted molar refractivity (Wildman–Crippen MR) is 159 cm³/mol. The summed E-state index contributed by atoms with van der Waals surface area (Å²) in [7, 11) is 0. The number of esters is 1. The average molecular weight is 578 g/mol. The highest BCUT2D eigenvalue weighted by molar-refractivity contribution is 6.42. The summed E-state index contributed by atoms with van der Waals surface area (Å²) in [5.74, 6) is 0.142. The second-order valence-corrected chi connectivity index (χ2v) is 12.7. The number of hydrogen-bond donors (Lipinski definition) is 1. The Labute approximate surface area is 246 Å². The molecule has 3 heterocycles. The average Bonchev–Trinajstić information content (AvgIpc) is 3.13. The summed E-state index contributed by atoms with van der Waals surface area (Å²) < 4.78 is 7.03. The van der Waals surface area contributed by atoms with Gasteiger partial charge in [-0.1, -0.05) is 49.4 Å². The minimum absolute atomic E-state index is 0.0310. The monoisotopic (exact) mass is 577 g/mol. The molecule has 226 valence electrons. The third-order valence-electron chi connectivity index (χ3n) is 10.00. The molecule has 4 fully saturated rings. The van der Waals surface area contributed by atoms with Gasteiger partial charge >= 0.3 is 5.97 Å². The van der Waals surface area contributed by atoms with E-state index in [-0.39, 0.29) is 24.1 Å². The number of rotatable bonds is 8. The van der Waals surface area contributed by atoms with Crippen molar-refractivity contribution in [3.63, 3.8) is 0 Å². The normalized spacial score (nSPS) is 30.0. The summed E-state index contributed by atoms with van der Waals surface area (Å²) in [6, 6.07) is 9.02. The number of piperidine rings is 2. The molecule has 0 spiro atoms. The quantitative estimate of drug-likeness (QED) is 0.284. The van der Waals surface area contributed by atoms with Gasteiger partial charge in [0.2, 0.25) is 5.71 Å². The number of primary amides is 1. The molecule has 0 radical (unpaired) electrons. The molecule has 6 rings (SSSR count). The van der Waals surface area contributed by atoms with Crippen molar-refractivity contribution in [2.75, 3.05) is 13.2 Å². The van der Waals surface area contributed by atoms with Crippen molar-refractivity contribution in [2.24, 2.45) is 22.7 Å². The Morgan fingerprint density at radius 3 is 2.29 bits per heavy atom. The van der Waals surface area contributed by atoms with Crippen LogP contribution in [-0.4, -0.2) is 63.4 Å². The molecule has 2 aromatic rings. The van der Waals surface area contributed by atoms with Gasteiger partial charge in [0.25, 0.3) is 11.5 Å². The number of benzene rings is 1. The van der Waals surface area contributed by atoms with E-state index in [1.165, 1.54) is 51.4 Å². The zero-order chi connectivity index (χ0) is 29.2. The fourth-order valence-electron chi connectivity index (χ4n) is 8.51. The Hall–Kier alpha value is -3.27. The Morgan fingerprint density at radius 2 is 1.62 bits per heavy atom. The molecule has 1 aromatic heterocycles. The van der Waals surface area contributed by atoms with Crippen molar-refractivity contribution in [2.45, 2.75) is 108 Å². The van der Waals surface area contributed by atoms with Gasteiger partial charge in [-0.05, 0) is 75.8 Å². The Morgan fingerprint density at radius 1 is 0.929 bits per heavy atom. The molecule has 4 unspecified atom stereocenters. The number of ether oxygens (including phenoxy) is 1. The van der Waals surface area contributed by atoms with Crippen molar-refractivity contribution < 1.29 is 19.2 Å². The number of carbonyl (C=O) groups is 2. The van der Waals surface area contributed by atoms with Crippen LogP contribution in [0.2, 0.25) is 0 Å². The van der Waals surface area contributed by atoms with Gasteiger partial charge in [0.05, 0.1) is 17.6 Å². The topological polar surface area (TPSA) is 129 Å². The largest absolute Gasteiger partial charge is 0.461 e. The summed E-state index contributed by atoms with van der Waals surface area (Å²) in [4.78, 5) is 50.9. The molecule has 1 aromatic carbocycles. The second kappa shape index (κ2) is 12.5. The smallest absolute Gasteiger partial charge is 0.362 e. The molecule has 2 N–H and O–H groups in total. The van der Waals surface area contributed by atoms with E-state index in [0.29, 0.717) is 23.6 Å². The van der Waals surface area contributed by atoms with Crippen LogP contribution in [0.4, 0.5) is 0 Å². The first-order valence-corrected chi connectivity index (χ1v) is 15.9. The lowest BCUT2D eigenvalue weighted by atomic mass is 9.73. The molecule has 2 saturated carbocycles. The van der Waals surface area contributed by atoms with Crippen LogP contribution in [0.25, 0.3) is 11.0 Å². The van der Waals surface area contributed by atoms with Crippen molar-refractivity contribution in [1.29, 1.82) is 0 Å². The zero-order valence-electron chi connectivity index (χ0n) is 24.6. The minimum atomic E-state index is -0.834. The van der Waals surface area contributed by atoms with E-state index >= 15 is 0 Å². The number of carbonyl (C=O) groups excluding carboxylic acids is 2. The van der Waals surface area contributed by atoms with Crippen LogP contribution < -0.4 is 11.3 Å². The molecule has 2 aliphatic heterocycles.